The number of benzene rings is 2. The molecular weight excluding hydrogens is 282 g/mol. The molecule has 2 nitrogen and oxygen atoms in total. The van der Waals surface area contributed by atoms with Crippen molar-refractivity contribution in [1.29, 1.82) is 0 Å². The minimum Gasteiger partial charge on any atom is -0.339 e. The molecule has 2 aromatic carbocycles. The Balaban J connectivity index is 1.98. The van der Waals surface area contributed by atoms with Gasteiger partial charge in [-0.05, 0) is 50.5 Å². The van der Waals surface area contributed by atoms with E-state index in [0.29, 0.717) is 0 Å². The van der Waals surface area contributed by atoms with Gasteiger partial charge in [-0.3, -0.25) is 4.79 Å². The van der Waals surface area contributed by atoms with Gasteiger partial charge in [0.25, 0.3) is 5.91 Å². The van der Waals surface area contributed by atoms with Gasteiger partial charge >= 0.3 is 0 Å². The maximum atomic E-state index is 12.3. The second-order valence-corrected chi connectivity index (χ2v) is 5.69. The van der Waals surface area contributed by atoms with Crippen LogP contribution in [-0.4, -0.2) is 23.9 Å². The molecule has 0 unspecified atom stereocenters. The Morgan fingerprint density at radius 2 is 1.57 bits per heavy atom. The molecule has 0 saturated carbocycles. The molecule has 0 aliphatic carbocycles. The van der Waals surface area contributed by atoms with E-state index in [9.17, 15) is 4.79 Å². The molecule has 0 N–H and O–H groups in total. The molecule has 23 heavy (non-hydrogen) atoms. The predicted octanol–water partition coefficient (Wildman–Crippen LogP) is 4.73. The number of rotatable bonds is 6. The Kier molecular flexibility index (Phi) is 6.16. The average Bonchev–Trinajstić information content (AvgIpc) is 2.58. The molecule has 0 radical (unpaired) electrons. The molecule has 120 valence electrons. The Morgan fingerprint density at radius 1 is 0.957 bits per heavy atom. The first-order valence-corrected chi connectivity index (χ1v) is 8.25. The SMILES string of the molecule is CCN(CC)C(=O)c1ccc(/C=C/Cc2ccc(C)cc2)cc1. The van der Waals surface area contributed by atoms with Crippen LogP contribution in [0.2, 0.25) is 0 Å². The summed E-state index contributed by atoms with van der Waals surface area (Å²) in [6, 6.07) is 16.4. The second kappa shape index (κ2) is 8.33. The van der Waals surface area contributed by atoms with Crippen LogP contribution >= 0.6 is 0 Å². The van der Waals surface area contributed by atoms with E-state index in [1.54, 1.807) is 0 Å². The highest BCUT2D eigenvalue weighted by Gasteiger charge is 2.11. The molecule has 0 fully saturated rings. The molecule has 0 bridgehead atoms. The van der Waals surface area contributed by atoms with Crippen LogP contribution in [0.5, 0.6) is 0 Å². The summed E-state index contributed by atoms with van der Waals surface area (Å²) in [7, 11) is 0. The van der Waals surface area contributed by atoms with Crippen molar-refractivity contribution in [2.24, 2.45) is 0 Å². The molecule has 0 aliphatic rings. The van der Waals surface area contributed by atoms with Gasteiger partial charge in [0.15, 0.2) is 0 Å². The van der Waals surface area contributed by atoms with Gasteiger partial charge in [-0.15, -0.1) is 0 Å². The Morgan fingerprint density at radius 3 is 2.13 bits per heavy atom. The van der Waals surface area contributed by atoms with E-state index in [0.717, 1.165) is 30.6 Å². The zero-order valence-corrected chi connectivity index (χ0v) is 14.3. The summed E-state index contributed by atoms with van der Waals surface area (Å²) in [5.74, 6) is 0.102. The average molecular weight is 307 g/mol. The normalized spacial score (nSPS) is 10.9. The van der Waals surface area contributed by atoms with Crippen LogP contribution in [0.25, 0.3) is 6.08 Å². The van der Waals surface area contributed by atoms with Crippen LogP contribution in [0.1, 0.15) is 40.9 Å². The molecule has 0 aliphatic heterocycles. The molecule has 1 amide bonds. The zero-order valence-electron chi connectivity index (χ0n) is 14.3. The summed E-state index contributed by atoms with van der Waals surface area (Å²) >= 11 is 0. The van der Waals surface area contributed by atoms with E-state index in [4.69, 9.17) is 0 Å². The smallest absolute Gasteiger partial charge is 0.253 e. The van der Waals surface area contributed by atoms with Gasteiger partial charge in [0.2, 0.25) is 0 Å². The summed E-state index contributed by atoms with van der Waals surface area (Å²) in [4.78, 5) is 14.1. The summed E-state index contributed by atoms with van der Waals surface area (Å²) < 4.78 is 0. The minimum atomic E-state index is 0.102. The number of hydrogen-bond donors (Lipinski definition) is 0. The van der Waals surface area contributed by atoms with Crippen molar-refractivity contribution < 1.29 is 4.79 Å². The molecule has 2 rings (SSSR count). The highest BCUT2D eigenvalue weighted by molar-refractivity contribution is 5.94. The fourth-order valence-electron chi connectivity index (χ4n) is 2.49. The number of carbonyl (C=O) groups is 1. The fourth-order valence-corrected chi connectivity index (χ4v) is 2.49. The van der Waals surface area contributed by atoms with Crippen molar-refractivity contribution in [3.63, 3.8) is 0 Å². The van der Waals surface area contributed by atoms with Gasteiger partial charge in [0.05, 0.1) is 0 Å². The van der Waals surface area contributed by atoms with E-state index >= 15 is 0 Å². The van der Waals surface area contributed by atoms with Crippen molar-refractivity contribution in [3.05, 3.63) is 76.9 Å². The number of allylic oxidation sites excluding steroid dienone is 1. The molecule has 2 heteroatoms. The van der Waals surface area contributed by atoms with Crippen molar-refractivity contribution in [1.82, 2.24) is 4.90 Å². The van der Waals surface area contributed by atoms with Crippen LogP contribution in [0.15, 0.2) is 54.6 Å². The lowest BCUT2D eigenvalue weighted by molar-refractivity contribution is 0.0773. The standard InChI is InChI=1S/C21H25NO/c1-4-22(5-2)21(23)20-15-13-19(14-16-20)8-6-7-18-11-9-17(3)10-12-18/h6,8-16H,4-5,7H2,1-3H3/b8-6+. The third-order valence-electron chi connectivity index (χ3n) is 3.99. The van der Waals surface area contributed by atoms with E-state index in [1.165, 1.54) is 11.1 Å². The van der Waals surface area contributed by atoms with E-state index in [-0.39, 0.29) is 5.91 Å². The fraction of sp³-hybridized carbons (Fsp3) is 0.286. The summed E-state index contributed by atoms with van der Waals surface area (Å²) in [5, 5.41) is 0. The number of carbonyl (C=O) groups excluding carboxylic acids is 1. The maximum Gasteiger partial charge on any atom is 0.253 e. The van der Waals surface area contributed by atoms with Crippen LogP contribution in [0, 0.1) is 6.92 Å². The first-order chi connectivity index (χ1) is 11.1. The Hall–Kier alpha value is -2.35. The molecule has 0 spiro atoms. The third kappa shape index (κ3) is 4.82. The maximum absolute atomic E-state index is 12.3. The lowest BCUT2D eigenvalue weighted by Crippen LogP contribution is -2.30. The molecule has 0 atom stereocenters. The second-order valence-electron chi connectivity index (χ2n) is 5.69. The molecule has 0 aromatic heterocycles. The highest BCUT2D eigenvalue weighted by atomic mass is 16.2. The van der Waals surface area contributed by atoms with Crippen molar-refractivity contribution in [3.8, 4) is 0 Å². The molecule has 0 saturated heterocycles. The molecule has 2 aromatic rings. The van der Waals surface area contributed by atoms with Gasteiger partial charge < -0.3 is 4.90 Å². The quantitative estimate of drug-likeness (QED) is 0.755. The number of amides is 1. The van der Waals surface area contributed by atoms with Gasteiger partial charge in [0.1, 0.15) is 0 Å². The van der Waals surface area contributed by atoms with Crippen LogP contribution in [0.4, 0.5) is 0 Å². The zero-order chi connectivity index (χ0) is 16.7. The lowest BCUT2D eigenvalue weighted by atomic mass is 10.1. The first kappa shape index (κ1) is 17.0. The monoisotopic (exact) mass is 307 g/mol. The summed E-state index contributed by atoms with van der Waals surface area (Å²) in [5.41, 5.74) is 4.46. The van der Waals surface area contributed by atoms with Crippen molar-refractivity contribution in [2.75, 3.05) is 13.1 Å². The number of aryl methyl sites for hydroxylation is 1. The largest absolute Gasteiger partial charge is 0.339 e. The van der Waals surface area contributed by atoms with Gasteiger partial charge in [-0.1, -0.05) is 54.1 Å². The van der Waals surface area contributed by atoms with Gasteiger partial charge in [-0.2, -0.15) is 0 Å². The van der Waals surface area contributed by atoms with Crippen LogP contribution < -0.4 is 0 Å². The van der Waals surface area contributed by atoms with Gasteiger partial charge in [-0.25, -0.2) is 0 Å². The highest BCUT2D eigenvalue weighted by Crippen LogP contribution is 2.10. The third-order valence-corrected chi connectivity index (χ3v) is 3.99. The van der Waals surface area contributed by atoms with E-state index in [1.807, 2.05) is 43.0 Å². The van der Waals surface area contributed by atoms with Crippen molar-refractivity contribution in [2.45, 2.75) is 27.2 Å². The first-order valence-electron chi connectivity index (χ1n) is 8.25. The summed E-state index contributed by atoms with van der Waals surface area (Å²) in [6.45, 7) is 7.59. The summed E-state index contributed by atoms with van der Waals surface area (Å²) in [6.07, 6.45) is 5.18. The topological polar surface area (TPSA) is 20.3 Å². The van der Waals surface area contributed by atoms with Gasteiger partial charge in [0, 0.05) is 18.7 Å². The van der Waals surface area contributed by atoms with Crippen molar-refractivity contribution >= 4 is 12.0 Å². The van der Waals surface area contributed by atoms with E-state index < -0.39 is 0 Å². The number of hydrogen-bond acceptors (Lipinski definition) is 1. The van der Waals surface area contributed by atoms with Crippen LogP contribution in [-0.2, 0) is 6.42 Å². The Labute approximate surface area is 139 Å². The Bertz CT molecular complexity index is 649. The number of nitrogens with zero attached hydrogens (tertiary/aromatic N) is 1. The predicted molar refractivity (Wildman–Crippen MR) is 97.6 cm³/mol. The van der Waals surface area contributed by atoms with Crippen LogP contribution in [0.3, 0.4) is 0 Å². The van der Waals surface area contributed by atoms with E-state index in [2.05, 4.69) is 43.3 Å². The minimum absolute atomic E-state index is 0.102. The lowest BCUT2D eigenvalue weighted by Gasteiger charge is -2.18. The molecular formula is C21H25NO. The molecule has 0 heterocycles.